The van der Waals surface area contributed by atoms with Crippen molar-refractivity contribution in [2.45, 2.75) is 33.1 Å². The number of allylic oxidation sites excluding steroid dienone is 1. The van der Waals surface area contributed by atoms with Crippen LogP contribution in [0.4, 0.5) is 5.69 Å². The molecule has 2 rings (SSSR count). The fourth-order valence-corrected chi connectivity index (χ4v) is 2.28. The molecule has 0 bridgehead atoms. The van der Waals surface area contributed by atoms with Gasteiger partial charge in [-0.3, -0.25) is 4.79 Å². The first kappa shape index (κ1) is 16.0. The van der Waals surface area contributed by atoms with Crippen LogP contribution in [-0.2, 0) is 5.41 Å². The second-order valence-electron chi connectivity index (χ2n) is 6.61. The second-order valence-corrected chi connectivity index (χ2v) is 6.61. The Bertz CT molecular complexity index is 690. The third-order valence-electron chi connectivity index (χ3n) is 3.65. The molecule has 0 aliphatic carbocycles. The summed E-state index contributed by atoms with van der Waals surface area (Å²) in [6.45, 7) is 12.4. The van der Waals surface area contributed by atoms with E-state index in [0.717, 1.165) is 16.8 Å². The van der Waals surface area contributed by atoms with Crippen molar-refractivity contribution >= 4 is 17.2 Å². The molecule has 2 nitrogen and oxygen atoms in total. The number of amides is 1. The van der Waals surface area contributed by atoms with Crippen LogP contribution in [0.3, 0.4) is 0 Å². The number of benzene rings is 2. The van der Waals surface area contributed by atoms with Gasteiger partial charge in [-0.2, -0.15) is 0 Å². The Balaban J connectivity index is 2.22. The summed E-state index contributed by atoms with van der Waals surface area (Å²) in [5.41, 5.74) is 4.64. The van der Waals surface area contributed by atoms with Gasteiger partial charge in [0.15, 0.2) is 0 Å². The molecule has 2 heteroatoms. The van der Waals surface area contributed by atoms with E-state index in [2.05, 4.69) is 32.7 Å². The highest BCUT2D eigenvalue weighted by Gasteiger charge is 2.14. The third-order valence-corrected chi connectivity index (χ3v) is 3.65. The van der Waals surface area contributed by atoms with Crippen LogP contribution in [0.15, 0.2) is 55.1 Å². The van der Waals surface area contributed by atoms with E-state index in [0.29, 0.717) is 5.56 Å². The quantitative estimate of drug-likeness (QED) is 0.820. The van der Waals surface area contributed by atoms with Crippen LogP contribution < -0.4 is 5.32 Å². The standard InChI is InChI=1S/C20H23NO/c1-14(2)17-8-6-7-9-18(17)21-19(22)15-10-12-16(13-11-15)20(3,4)5/h6-13H,1H2,2-5H3,(H,21,22). The topological polar surface area (TPSA) is 29.1 Å². The first-order valence-electron chi connectivity index (χ1n) is 7.46. The lowest BCUT2D eigenvalue weighted by Gasteiger charge is -2.19. The number of rotatable bonds is 3. The summed E-state index contributed by atoms with van der Waals surface area (Å²) in [5.74, 6) is -0.103. The molecule has 2 aromatic rings. The van der Waals surface area contributed by atoms with Gasteiger partial charge in [-0.1, -0.05) is 57.7 Å². The maximum absolute atomic E-state index is 12.4. The highest BCUT2D eigenvalue weighted by atomic mass is 16.1. The molecule has 0 saturated carbocycles. The van der Waals surface area contributed by atoms with E-state index >= 15 is 0 Å². The zero-order valence-electron chi connectivity index (χ0n) is 13.7. The van der Waals surface area contributed by atoms with Crippen LogP contribution in [0.1, 0.15) is 49.2 Å². The summed E-state index contributed by atoms with van der Waals surface area (Å²) >= 11 is 0. The van der Waals surface area contributed by atoms with Crippen molar-refractivity contribution < 1.29 is 4.79 Å². The van der Waals surface area contributed by atoms with E-state index in [9.17, 15) is 4.79 Å². The maximum Gasteiger partial charge on any atom is 0.255 e. The summed E-state index contributed by atoms with van der Waals surface area (Å²) in [6.07, 6.45) is 0. The van der Waals surface area contributed by atoms with Gasteiger partial charge in [0.1, 0.15) is 0 Å². The van der Waals surface area contributed by atoms with Crippen LogP contribution in [0, 0.1) is 0 Å². The van der Waals surface area contributed by atoms with Crippen LogP contribution in [0.25, 0.3) is 5.57 Å². The van der Waals surface area contributed by atoms with E-state index in [1.54, 1.807) is 0 Å². The Labute approximate surface area is 132 Å². The predicted molar refractivity (Wildman–Crippen MR) is 94.2 cm³/mol. The van der Waals surface area contributed by atoms with Crippen LogP contribution in [0.2, 0.25) is 0 Å². The van der Waals surface area contributed by atoms with Gasteiger partial charge in [0.05, 0.1) is 0 Å². The van der Waals surface area contributed by atoms with Gasteiger partial charge in [-0.25, -0.2) is 0 Å². The van der Waals surface area contributed by atoms with Crippen molar-refractivity contribution in [3.05, 3.63) is 71.8 Å². The van der Waals surface area contributed by atoms with Crippen molar-refractivity contribution in [2.75, 3.05) is 5.32 Å². The molecule has 0 aliphatic heterocycles. The van der Waals surface area contributed by atoms with Gasteiger partial charge in [-0.15, -0.1) is 0 Å². The number of para-hydroxylation sites is 1. The van der Waals surface area contributed by atoms with Gasteiger partial charge < -0.3 is 5.32 Å². The number of carbonyl (C=O) groups is 1. The number of anilines is 1. The molecule has 0 spiro atoms. The molecular formula is C20H23NO. The first-order valence-corrected chi connectivity index (χ1v) is 7.46. The largest absolute Gasteiger partial charge is 0.321 e. The number of carbonyl (C=O) groups excluding carboxylic acids is 1. The molecule has 0 radical (unpaired) electrons. The fraction of sp³-hybridized carbons (Fsp3) is 0.250. The van der Waals surface area contributed by atoms with Crippen LogP contribution in [-0.4, -0.2) is 5.91 Å². The van der Waals surface area contributed by atoms with E-state index in [-0.39, 0.29) is 11.3 Å². The van der Waals surface area contributed by atoms with Gasteiger partial charge in [0.25, 0.3) is 5.91 Å². The Morgan fingerprint density at radius 1 is 1.00 bits per heavy atom. The number of hydrogen-bond acceptors (Lipinski definition) is 1. The van der Waals surface area contributed by atoms with E-state index < -0.39 is 0 Å². The Morgan fingerprint density at radius 3 is 2.14 bits per heavy atom. The predicted octanol–water partition coefficient (Wildman–Crippen LogP) is 5.27. The zero-order valence-corrected chi connectivity index (χ0v) is 13.7. The van der Waals surface area contributed by atoms with E-state index in [1.165, 1.54) is 5.56 Å². The van der Waals surface area contributed by atoms with Crippen molar-refractivity contribution in [3.8, 4) is 0 Å². The van der Waals surface area contributed by atoms with Crippen molar-refractivity contribution in [3.63, 3.8) is 0 Å². The van der Waals surface area contributed by atoms with Gasteiger partial charge in [0.2, 0.25) is 0 Å². The molecule has 2 aromatic carbocycles. The molecule has 1 amide bonds. The molecule has 0 saturated heterocycles. The molecule has 1 N–H and O–H groups in total. The summed E-state index contributed by atoms with van der Waals surface area (Å²) < 4.78 is 0. The van der Waals surface area contributed by atoms with Crippen molar-refractivity contribution in [2.24, 2.45) is 0 Å². The average Bonchev–Trinajstić information content (AvgIpc) is 2.46. The molecule has 0 atom stereocenters. The summed E-state index contributed by atoms with van der Waals surface area (Å²) in [7, 11) is 0. The Hall–Kier alpha value is -2.35. The van der Waals surface area contributed by atoms with Crippen LogP contribution in [0.5, 0.6) is 0 Å². The minimum Gasteiger partial charge on any atom is -0.321 e. The van der Waals surface area contributed by atoms with E-state index in [4.69, 9.17) is 0 Å². The Kier molecular flexibility index (Phi) is 4.51. The highest BCUT2D eigenvalue weighted by molar-refractivity contribution is 6.05. The zero-order chi connectivity index (χ0) is 16.3. The molecule has 22 heavy (non-hydrogen) atoms. The molecule has 114 valence electrons. The maximum atomic E-state index is 12.4. The first-order chi connectivity index (χ1) is 10.3. The molecule has 0 aromatic heterocycles. The van der Waals surface area contributed by atoms with E-state index in [1.807, 2.05) is 55.5 Å². The lowest BCUT2D eigenvalue weighted by molar-refractivity contribution is 0.102. The minimum atomic E-state index is -0.103. The normalized spacial score (nSPS) is 11.1. The SMILES string of the molecule is C=C(C)c1ccccc1NC(=O)c1ccc(C(C)(C)C)cc1. The van der Waals surface area contributed by atoms with Crippen LogP contribution >= 0.6 is 0 Å². The summed E-state index contributed by atoms with van der Waals surface area (Å²) in [6, 6.07) is 15.5. The lowest BCUT2D eigenvalue weighted by atomic mass is 9.86. The third kappa shape index (κ3) is 3.64. The minimum absolute atomic E-state index is 0.0849. The number of hydrogen-bond donors (Lipinski definition) is 1. The van der Waals surface area contributed by atoms with Gasteiger partial charge in [0, 0.05) is 16.8 Å². The monoisotopic (exact) mass is 293 g/mol. The van der Waals surface area contributed by atoms with Gasteiger partial charge >= 0.3 is 0 Å². The fourth-order valence-electron chi connectivity index (χ4n) is 2.28. The summed E-state index contributed by atoms with van der Waals surface area (Å²) in [4.78, 5) is 12.4. The Morgan fingerprint density at radius 2 is 1.59 bits per heavy atom. The van der Waals surface area contributed by atoms with Gasteiger partial charge in [-0.05, 0) is 41.7 Å². The van der Waals surface area contributed by atoms with Crippen molar-refractivity contribution in [1.82, 2.24) is 0 Å². The number of nitrogens with one attached hydrogen (secondary N) is 1. The average molecular weight is 293 g/mol. The summed E-state index contributed by atoms with van der Waals surface area (Å²) in [5, 5.41) is 2.97. The molecular weight excluding hydrogens is 270 g/mol. The molecule has 0 aliphatic rings. The highest BCUT2D eigenvalue weighted by Crippen LogP contribution is 2.24. The second kappa shape index (κ2) is 6.18. The molecule has 0 unspecified atom stereocenters. The molecule has 0 fully saturated rings. The van der Waals surface area contributed by atoms with Crippen molar-refractivity contribution in [1.29, 1.82) is 0 Å². The lowest BCUT2D eigenvalue weighted by Crippen LogP contribution is -2.15. The smallest absolute Gasteiger partial charge is 0.255 e. The molecule has 0 heterocycles.